The molecule has 0 bridgehead atoms. The van der Waals surface area contributed by atoms with Crippen LogP contribution in [0.15, 0.2) is 35.0 Å². The normalized spacial score (nSPS) is 17.6. The first-order chi connectivity index (χ1) is 13.5. The number of likely N-dealkylation sites (tertiary alicyclic amines) is 1. The minimum Gasteiger partial charge on any atom is -0.444 e. The van der Waals surface area contributed by atoms with Crippen molar-refractivity contribution in [2.45, 2.75) is 52.2 Å². The van der Waals surface area contributed by atoms with Crippen molar-refractivity contribution in [3.63, 3.8) is 0 Å². The summed E-state index contributed by atoms with van der Waals surface area (Å²) in [5.74, 6) is 1.83. The van der Waals surface area contributed by atoms with E-state index in [4.69, 9.17) is 4.42 Å². The van der Waals surface area contributed by atoms with Gasteiger partial charge < -0.3 is 9.32 Å². The first kappa shape index (κ1) is 18.7. The molecule has 4 rings (SSSR count). The molecule has 0 radical (unpaired) electrons. The second kappa shape index (κ2) is 7.75. The predicted octanol–water partition coefficient (Wildman–Crippen LogP) is 3.30. The summed E-state index contributed by atoms with van der Waals surface area (Å²) in [5.41, 5.74) is 2.31. The molecule has 1 N–H and O–H groups in total. The van der Waals surface area contributed by atoms with Crippen molar-refractivity contribution < 1.29 is 9.21 Å². The Morgan fingerprint density at radius 3 is 3.00 bits per heavy atom. The second-order valence-corrected chi connectivity index (χ2v) is 7.93. The van der Waals surface area contributed by atoms with Crippen LogP contribution in [0.3, 0.4) is 0 Å². The molecule has 0 spiro atoms. The fraction of sp³-hybridized carbons (Fsp3) is 0.476. The van der Waals surface area contributed by atoms with Gasteiger partial charge in [0.25, 0.3) is 0 Å². The fourth-order valence-corrected chi connectivity index (χ4v) is 3.86. The molecule has 7 heteroatoms. The molecule has 1 aliphatic rings. The summed E-state index contributed by atoms with van der Waals surface area (Å²) < 4.78 is 5.81. The van der Waals surface area contributed by atoms with Gasteiger partial charge in [-0.25, -0.2) is 4.98 Å². The maximum absolute atomic E-state index is 12.3. The average molecular weight is 381 g/mol. The summed E-state index contributed by atoms with van der Waals surface area (Å²) in [5, 5.41) is 8.23. The highest BCUT2D eigenvalue weighted by Gasteiger charge is 2.30. The van der Waals surface area contributed by atoms with Crippen LogP contribution in [0.25, 0.3) is 10.9 Å². The van der Waals surface area contributed by atoms with E-state index < -0.39 is 0 Å². The first-order valence-corrected chi connectivity index (χ1v) is 9.86. The van der Waals surface area contributed by atoms with E-state index in [9.17, 15) is 4.79 Å². The zero-order valence-electron chi connectivity index (χ0n) is 16.7. The van der Waals surface area contributed by atoms with Crippen molar-refractivity contribution in [2.75, 3.05) is 13.1 Å². The van der Waals surface area contributed by atoms with Gasteiger partial charge in [0.15, 0.2) is 0 Å². The van der Waals surface area contributed by atoms with E-state index >= 15 is 0 Å². The van der Waals surface area contributed by atoms with E-state index in [2.05, 4.69) is 52.1 Å². The first-order valence-electron chi connectivity index (χ1n) is 9.86. The number of hydrogen-bond acceptors (Lipinski definition) is 5. The zero-order chi connectivity index (χ0) is 19.7. The Kier molecular flexibility index (Phi) is 5.17. The number of carbonyl (C=O) groups is 1. The van der Waals surface area contributed by atoms with Crippen LogP contribution in [0.1, 0.15) is 50.3 Å². The number of aromatic nitrogens is 3. The van der Waals surface area contributed by atoms with E-state index in [1.165, 1.54) is 5.56 Å². The number of aromatic amines is 1. The largest absolute Gasteiger partial charge is 0.444 e. The SMILES string of the molecule is CC(=O)N(Cc1ncc(C(C)C)o1)C1CCN(Cc2ccc3cn[nH]c3c2)C1. The number of benzene rings is 1. The molecule has 1 aliphatic heterocycles. The summed E-state index contributed by atoms with van der Waals surface area (Å²) in [6.45, 7) is 8.90. The number of amides is 1. The minimum atomic E-state index is 0.0648. The lowest BCUT2D eigenvalue weighted by atomic mass is 10.1. The lowest BCUT2D eigenvalue weighted by Gasteiger charge is -2.27. The topological polar surface area (TPSA) is 78.3 Å². The van der Waals surface area contributed by atoms with Gasteiger partial charge >= 0.3 is 0 Å². The van der Waals surface area contributed by atoms with Gasteiger partial charge in [0.05, 0.1) is 24.5 Å². The summed E-state index contributed by atoms with van der Waals surface area (Å²) in [4.78, 5) is 20.9. The Bertz CT molecular complexity index is 961. The highest BCUT2D eigenvalue weighted by molar-refractivity contribution is 5.78. The third-order valence-electron chi connectivity index (χ3n) is 5.45. The fourth-order valence-electron chi connectivity index (χ4n) is 3.86. The Balaban J connectivity index is 1.40. The number of carbonyl (C=O) groups excluding carboxylic acids is 1. The molecule has 1 aromatic carbocycles. The third-order valence-corrected chi connectivity index (χ3v) is 5.45. The lowest BCUT2D eigenvalue weighted by Crippen LogP contribution is -2.40. The average Bonchev–Trinajstić information content (AvgIpc) is 3.39. The number of H-pyrrole nitrogens is 1. The van der Waals surface area contributed by atoms with Crippen LogP contribution in [0.2, 0.25) is 0 Å². The van der Waals surface area contributed by atoms with Gasteiger partial charge in [-0.1, -0.05) is 26.0 Å². The molecule has 1 amide bonds. The molecule has 1 unspecified atom stereocenters. The van der Waals surface area contributed by atoms with Crippen LogP contribution >= 0.6 is 0 Å². The van der Waals surface area contributed by atoms with Gasteiger partial charge in [-0.2, -0.15) is 5.10 Å². The number of nitrogens with zero attached hydrogens (tertiary/aromatic N) is 4. The lowest BCUT2D eigenvalue weighted by molar-refractivity contribution is -0.132. The number of rotatable bonds is 6. The van der Waals surface area contributed by atoms with E-state index in [0.717, 1.165) is 42.7 Å². The van der Waals surface area contributed by atoms with Crippen LogP contribution in [0, 0.1) is 0 Å². The number of fused-ring (bicyclic) bond motifs is 1. The van der Waals surface area contributed by atoms with E-state index in [0.29, 0.717) is 18.4 Å². The third kappa shape index (κ3) is 3.94. The summed E-state index contributed by atoms with van der Waals surface area (Å²) in [6, 6.07) is 6.58. The van der Waals surface area contributed by atoms with Gasteiger partial charge in [-0.3, -0.25) is 14.8 Å². The minimum absolute atomic E-state index is 0.0648. The molecule has 1 fully saturated rings. The van der Waals surface area contributed by atoms with Crippen molar-refractivity contribution in [3.05, 3.63) is 47.8 Å². The van der Waals surface area contributed by atoms with Crippen LogP contribution in [0.4, 0.5) is 0 Å². The highest BCUT2D eigenvalue weighted by atomic mass is 16.4. The van der Waals surface area contributed by atoms with E-state index in [1.54, 1.807) is 13.1 Å². The second-order valence-electron chi connectivity index (χ2n) is 7.93. The molecule has 148 valence electrons. The summed E-state index contributed by atoms with van der Waals surface area (Å²) in [6.07, 6.45) is 4.57. The Labute approximate surface area is 164 Å². The molecule has 1 atom stereocenters. The van der Waals surface area contributed by atoms with Crippen molar-refractivity contribution in [1.29, 1.82) is 0 Å². The summed E-state index contributed by atoms with van der Waals surface area (Å²) >= 11 is 0. The Morgan fingerprint density at radius 1 is 1.39 bits per heavy atom. The molecule has 7 nitrogen and oxygen atoms in total. The quantitative estimate of drug-likeness (QED) is 0.709. The number of nitrogens with one attached hydrogen (secondary N) is 1. The molecule has 0 aliphatic carbocycles. The van der Waals surface area contributed by atoms with Gasteiger partial charge in [0, 0.05) is 43.9 Å². The molecular weight excluding hydrogens is 354 g/mol. The van der Waals surface area contributed by atoms with Crippen molar-refractivity contribution >= 4 is 16.8 Å². The van der Waals surface area contributed by atoms with Crippen molar-refractivity contribution in [1.82, 2.24) is 25.0 Å². The number of hydrogen-bond donors (Lipinski definition) is 1. The highest BCUT2D eigenvalue weighted by Crippen LogP contribution is 2.23. The summed E-state index contributed by atoms with van der Waals surface area (Å²) in [7, 11) is 0. The van der Waals surface area contributed by atoms with Gasteiger partial charge in [0.2, 0.25) is 11.8 Å². The van der Waals surface area contributed by atoms with Crippen LogP contribution < -0.4 is 0 Å². The Hall–Kier alpha value is -2.67. The molecule has 0 saturated carbocycles. The molecule has 3 heterocycles. The van der Waals surface area contributed by atoms with Crippen molar-refractivity contribution in [2.24, 2.45) is 0 Å². The van der Waals surface area contributed by atoms with E-state index in [-0.39, 0.29) is 11.9 Å². The van der Waals surface area contributed by atoms with Crippen LogP contribution in [-0.4, -0.2) is 50.0 Å². The molecule has 28 heavy (non-hydrogen) atoms. The van der Waals surface area contributed by atoms with E-state index in [1.807, 2.05) is 11.1 Å². The molecule has 3 aromatic rings. The van der Waals surface area contributed by atoms with Crippen LogP contribution in [0.5, 0.6) is 0 Å². The molecular formula is C21H27N5O2. The molecule has 1 saturated heterocycles. The van der Waals surface area contributed by atoms with Gasteiger partial charge in [0.1, 0.15) is 5.76 Å². The maximum atomic E-state index is 12.3. The predicted molar refractivity (Wildman–Crippen MR) is 107 cm³/mol. The monoisotopic (exact) mass is 381 g/mol. The number of oxazole rings is 1. The standard InChI is InChI=1S/C21H27N5O2/c1-14(2)20-10-22-21(28-20)13-26(15(3)27)18-6-7-25(12-18)11-16-4-5-17-9-23-24-19(17)8-16/h4-5,8-10,14,18H,6-7,11-13H2,1-3H3,(H,23,24). The maximum Gasteiger partial charge on any atom is 0.220 e. The van der Waals surface area contributed by atoms with Crippen molar-refractivity contribution in [3.8, 4) is 0 Å². The smallest absolute Gasteiger partial charge is 0.220 e. The van der Waals surface area contributed by atoms with Gasteiger partial charge in [-0.15, -0.1) is 0 Å². The Morgan fingerprint density at radius 2 is 2.25 bits per heavy atom. The molecule has 2 aromatic heterocycles. The van der Waals surface area contributed by atoms with Gasteiger partial charge in [-0.05, 0) is 18.1 Å². The van der Waals surface area contributed by atoms with Crippen LogP contribution in [-0.2, 0) is 17.9 Å². The zero-order valence-corrected chi connectivity index (χ0v) is 16.7.